The largest absolute Gasteiger partial charge is 0.383 e. The highest BCUT2D eigenvalue weighted by Crippen LogP contribution is 2.48. The second kappa shape index (κ2) is 6.10. The minimum absolute atomic E-state index is 0.227. The zero-order valence-corrected chi connectivity index (χ0v) is 14.3. The van der Waals surface area contributed by atoms with Gasteiger partial charge in [0.15, 0.2) is 0 Å². The van der Waals surface area contributed by atoms with E-state index in [1.807, 2.05) is 24.3 Å². The maximum Gasteiger partial charge on any atom is 0.137 e. The predicted molar refractivity (Wildman–Crippen MR) is 92.0 cm³/mol. The average molecular weight is 332 g/mol. The first kappa shape index (κ1) is 16.2. The SMILES string of the molecule is CC1(C)CCC/C(=C/c2ccc(Cl)cc2)C1(O)Cn1cncn1. The molecule has 4 nitrogen and oxygen atoms in total. The summed E-state index contributed by atoms with van der Waals surface area (Å²) in [4.78, 5) is 3.99. The average Bonchev–Trinajstić information content (AvgIpc) is 2.99. The van der Waals surface area contributed by atoms with Gasteiger partial charge in [0.25, 0.3) is 0 Å². The molecule has 0 amide bonds. The van der Waals surface area contributed by atoms with E-state index in [1.165, 1.54) is 6.33 Å². The molecule has 1 aliphatic rings. The Bertz CT molecular complexity index is 692. The normalized spacial score (nSPS) is 25.7. The van der Waals surface area contributed by atoms with Crippen LogP contribution in [-0.4, -0.2) is 25.5 Å². The number of rotatable bonds is 3. The molecule has 122 valence electrons. The summed E-state index contributed by atoms with van der Waals surface area (Å²) >= 11 is 5.96. The molecule has 0 bridgehead atoms. The van der Waals surface area contributed by atoms with Gasteiger partial charge in [-0.1, -0.05) is 43.7 Å². The second-order valence-corrected chi connectivity index (χ2v) is 7.35. The lowest BCUT2D eigenvalue weighted by Crippen LogP contribution is -2.52. The Labute approximate surface area is 141 Å². The van der Waals surface area contributed by atoms with Crippen molar-refractivity contribution in [3.05, 3.63) is 53.1 Å². The fourth-order valence-corrected chi connectivity index (χ4v) is 3.51. The van der Waals surface area contributed by atoms with Crippen molar-refractivity contribution in [1.82, 2.24) is 14.8 Å². The Hall–Kier alpha value is -1.65. The van der Waals surface area contributed by atoms with E-state index in [9.17, 15) is 5.11 Å². The van der Waals surface area contributed by atoms with Crippen LogP contribution in [0.2, 0.25) is 5.02 Å². The molecule has 5 heteroatoms. The molecule has 1 fully saturated rings. The minimum Gasteiger partial charge on any atom is -0.383 e. The summed E-state index contributed by atoms with van der Waals surface area (Å²) in [5.74, 6) is 0. The smallest absolute Gasteiger partial charge is 0.137 e. The Balaban J connectivity index is 2.00. The second-order valence-electron chi connectivity index (χ2n) is 6.91. The lowest BCUT2D eigenvalue weighted by molar-refractivity contribution is -0.0692. The van der Waals surface area contributed by atoms with E-state index in [2.05, 4.69) is 30.0 Å². The summed E-state index contributed by atoms with van der Waals surface area (Å²) in [6.07, 6.45) is 8.19. The monoisotopic (exact) mass is 331 g/mol. The van der Waals surface area contributed by atoms with Crippen LogP contribution in [0.1, 0.15) is 38.7 Å². The van der Waals surface area contributed by atoms with Crippen LogP contribution in [0, 0.1) is 5.41 Å². The summed E-state index contributed by atoms with van der Waals surface area (Å²) in [5, 5.41) is 16.5. The van der Waals surface area contributed by atoms with Gasteiger partial charge >= 0.3 is 0 Å². The number of aromatic nitrogens is 3. The molecule has 0 radical (unpaired) electrons. The van der Waals surface area contributed by atoms with Crippen LogP contribution in [0.3, 0.4) is 0 Å². The molecule has 0 saturated heterocycles. The molecular formula is C18H22ClN3O. The summed E-state index contributed by atoms with van der Waals surface area (Å²) in [7, 11) is 0. The Kier molecular flexibility index (Phi) is 4.30. The molecule has 0 aliphatic heterocycles. The van der Waals surface area contributed by atoms with Gasteiger partial charge < -0.3 is 5.11 Å². The van der Waals surface area contributed by atoms with Crippen molar-refractivity contribution in [2.45, 2.75) is 45.3 Å². The van der Waals surface area contributed by atoms with Crippen LogP contribution in [0.5, 0.6) is 0 Å². The van der Waals surface area contributed by atoms with Gasteiger partial charge in [-0.25, -0.2) is 9.67 Å². The summed E-state index contributed by atoms with van der Waals surface area (Å²) in [6.45, 7) is 4.66. The Morgan fingerprint density at radius 2 is 2.04 bits per heavy atom. The number of benzene rings is 1. The Morgan fingerprint density at radius 3 is 2.70 bits per heavy atom. The molecule has 1 heterocycles. The summed E-state index contributed by atoms with van der Waals surface area (Å²) in [5.41, 5.74) is 0.930. The zero-order chi connectivity index (χ0) is 16.5. The highest BCUT2D eigenvalue weighted by Gasteiger charge is 2.48. The van der Waals surface area contributed by atoms with Crippen molar-refractivity contribution in [2.24, 2.45) is 5.41 Å². The van der Waals surface area contributed by atoms with Gasteiger partial charge in [0.2, 0.25) is 0 Å². The molecular weight excluding hydrogens is 310 g/mol. The van der Waals surface area contributed by atoms with Gasteiger partial charge in [-0.15, -0.1) is 0 Å². The lowest BCUT2D eigenvalue weighted by Gasteiger charge is -2.48. The first-order chi connectivity index (χ1) is 10.9. The third kappa shape index (κ3) is 3.19. The van der Waals surface area contributed by atoms with Gasteiger partial charge in [-0.3, -0.25) is 0 Å². The molecule has 23 heavy (non-hydrogen) atoms. The molecule has 1 aromatic carbocycles. The molecule has 1 saturated carbocycles. The zero-order valence-electron chi connectivity index (χ0n) is 13.5. The first-order valence-electron chi connectivity index (χ1n) is 7.92. The molecule has 0 spiro atoms. The summed E-state index contributed by atoms with van der Waals surface area (Å²) in [6, 6.07) is 7.70. The highest BCUT2D eigenvalue weighted by molar-refractivity contribution is 6.30. The van der Waals surface area contributed by atoms with Crippen molar-refractivity contribution >= 4 is 17.7 Å². The quantitative estimate of drug-likeness (QED) is 0.926. The van der Waals surface area contributed by atoms with Crippen molar-refractivity contribution in [1.29, 1.82) is 0 Å². The van der Waals surface area contributed by atoms with E-state index in [-0.39, 0.29) is 5.41 Å². The fourth-order valence-electron chi connectivity index (χ4n) is 3.39. The third-order valence-electron chi connectivity index (χ3n) is 4.97. The molecule has 2 aromatic rings. The maximum absolute atomic E-state index is 11.6. The van der Waals surface area contributed by atoms with E-state index in [1.54, 1.807) is 11.0 Å². The van der Waals surface area contributed by atoms with E-state index in [0.717, 1.165) is 30.4 Å². The third-order valence-corrected chi connectivity index (χ3v) is 5.22. The highest BCUT2D eigenvalue weighted by atomic mass is 35.5. The Morgan fingerprint density at radius 1 is 1.30 bits per heavy atom. The fraction of sp³-hybridized carbons (Fsp3) is 0.444. The van der Waals surface area contributed by atoms with Crippen LogP contribution in [-0.2, 0) is 6.54 Å². The van der Waals surface area contributed by atoms with Crippen LogP contribution in [0.4, 0.5) is 0 Å². The van der Waals surface area contributed by atoms with E-state index >= 15 is 0 Å². The summed E-state index contributed by atoms with van der Waals surface area (Å²) < 4.78 is 1.71. The van der Waals surface area contributed by atoms with E-state index in [0.29, 0.717) is 11.6 Å². The van der Waals surface area contributed by atoms with Crippen molar-refractivity contribution < 1.29 is 5.11 Å². The number of hydrogen-bond acceptors (Lipinski definition) is 3. The molecule has 3 rings (SSSR count). The molecule has 1 aromatic heterocycles. The molecule has 1 unspecified atom stereocenters. The predicted octanol–water partition coefficient (Wildman–Crippen LogP) is 3.96. The van der Waals surface area contributed by atoms with Crippen molar-refractivity contribution in [3.8, 4) is 0 Å². The van der Waals surface area contributed by atoms with Gasteiger partial charge in [0.05, 0.1) is 6.54 Å². The number of nitrogens with zero attached hydrogens (tertiary/aromatic N) is 3. The number of aliphatic hydroxyl groups is 1. The van der Waals surface area contributed by atoms with Crippen LogP contribution in [0.15, 0.2) is 42.5 Å². The van der Waals surface area contributed by atoms with Gasteiger partial charge in [0.1, 0.15) is 18.3 Å². The van der Waals surface area contributed by atoms with E-state index < -0.39 is 5.60 Å². The van der Waals surface area contributed by atoms with Gasteiger partial charge in [-0.2, -0.15) is 5.10 Å². The number of halogens is 1. The standard InChI is InChI=1S/C18H22ClN3O/c1-17(2)9-3-4-15(10-14-5-7-16(19)8-6-14)18(17,23)11-22-13-20-12-21-22/h5-8,10,12-13,23H,3-4,9,11H2,1-2H3/b15-10-. The molecule has 1 N–H and O–H groups in total. The van der Waals surface area contributed by atoms with Gasteiger partial charge in [0, 0.05) is 5.02 Å². The lowest BCUT2D eigenvalue weighted by atomic mass is 9.62. The minimum atomic E-state index is -0.946. The first-order valence-corrected chi connectivity index (χ1v) is 8.30. The number of hydrogen-bond donors (Lipinski definition) is 1. The topological polar surface area (TPSA) is 50.9 Å². The van der Waals surface area contributed by atoms with E-state index in [4.69, 9.17) is 11.6 Å². The maximum atomic E-state index is 11.6. The van der Waals surface area contributed by atoms with Crippen LogP contribution in [0.25, 0.3) is 6.08 Å². The van der Waals surface area contributed by atoms with Crippen molar-refractivity contribution in [2.75, 3.05) is 0 Å². The molecule has 1 atom stereocenters. The van der Waals surface area contributed by atoms with Gasteiger partial charge in [-0.05, 0) is 47.9 Å². The van der Waals surface area contributed by atoms with Crippen LogP contribution < -0.4 is 0 Å². The van der Waals surface area contributed by atoms with Crippen molar-refractivity contribution in [3.63, 3.8) is 0 Å². The molecule has 1 aliphatic carbocycles. The van der Waals surface area contributed by atoms with Crippen LogP contribution >= 0.6 is 11.6 Å².